The molecule has 0 saturated carbocycles. The van der Waals surface area contributed by atoms with Gasteiger partial charge in [0, 0.05) is 44.6 Å². The molecule has 118 valence electrons. The van der Waals surface area contributed by atoms with Crippen LogP contribution in [0.3, 0.4) is 0 Å². The lowest BCUT2D eigenvalue weighted by Crippen LogP contribution is -2.46. The Balaban J connectivity index is 1.59. The van der Waals surface area contributed by atoms with Crippen LogP contribution >= 0.6 is 23.2 Å². The molecule has 0 spiro atoms. The van der Waals surface area contributed by atoms with Crippen molar-refractivity contribution in [3.05, 3.63) is 57.8 Å². The molecule has 0 unspecified atom stereocenters. The smallest absolute Gasteiger partial charge is 0.101 e. The van der Waals surface area contributed by atoms with Gasteiger partial charge in [0.05, 0.1) is 21.3 Å². The molecule has 23 heavy (non-hydrogen) atoms. The fourth-order valence-corrected chi connectivity index (χ4v) is 3.01. The van der Waals surface area contributed by atoms with E-state index in [0.29, 0.717) is 15.6 Å². The summed E-state index contributed by atoms with van der Waals surface area (Å²) in [6.45, 7) is 4.61. The first kappa shape index (κ1) is 16.1. The van der Waals surface area contributed by atoms with E-state index in [0.717, 1.165) is 44.1 Å². The van der Waals surface area contributed by atoms with Gasteiger partial charge in [0.2, 0.25) is 0 Å². The molecule has 1 aromatic carbocycles. The molecule has 1 aliphatic heterocycles. The van der Waals surface area contributed by atoms with Gasteiger partial charge >= 0.3 is 0 Å². The summed E-state index contributed by atoms with van der Waals surface area (Å²) < 4.78 is 0. The monoisotopic (exact) mass is 346 g/mol. The maximum Gasteiger partial charge on any atom is 0.101 e. The van der Waals surface area contributed by atoms with Gasteiger partial charge in [-0.1, -0.05) is 23.2 Å². The molecule has 3 rings (SSSR count). The van der Waals surface area contributed by atoms with Gasteiger partial charge in [-0.2, -0.15) is 5.26 Å². The van der Waals surface area contributed by atoms with Gasteiger partial charge in [0.25, 0.3) is 0 Å². The third kappa shape index (κ3) is 3.94. The van der Waals surface area contributed by atoms with Crippen LogP contribution in [-0.4, -0.2) is 36.1 Å². The molecule has 0 radical (unpaired) electrons. The van der Waals surface area contributed by atoms with Crippen molar-refractivity contribution in [2.45, 2.75) is 6.54 Å². The molecule has 0 aliphatic carbocycles. The summed E-state index contributed by atoms with van der Waals surface area (Å²) in [6.07, 6.45) is 1.69. The Kier molecular flexibility index (Phi) is 5.02. The van der Waals surface area contributed by atoms with Crippen LogP contribution in [0.5, 0.6) is 0 Å². The van der Waals surface area contributed by atoms with Gasteiger partial charge in [-0.15, -0.1) is 0 Å². The average Bonchev–Trinajstić information content (AvgIpc) is 2.57. The number of benzene rings is 1. The maximum atomic E-state index is 8.94. The number of aromatic nitrogens is 1. The van der Waals surface area contributed by atoms with E-state index in [9.17, 15) is 0 Å². The normalized spacial score (nSPS) is 15.4. The van der Waals surface area contributed by atoms with Gasteiger partial charge in [-0.3, -0.25) is 9.88 Å². The predicted octanol–water partition coefficient (Wildman–Crippen LogP) is 3.58. The van der Waals surface area contributed by atoms with Gasteiger partial charge in [-0.05, 0) is 30.3 Å². The minimum Gasteiger partial charge on any atom is -0.369 e. The highest BCUT2D eigenvalue weighted by molar-refractivity contribution is 6.32. The molecule has 2 heterocycles. The number of rotatable bonds is 3. The first-order valence-electron chi connectivity index (χ1n) is 7.43. The van der Waals surface area contributed by atoms with Crippen molar-refractivity contribution in [3.63, 3.8) is 0 Å². The lowest BCUT2D eigenvalue weighted by atomic mass is 10.2. The zero-order valence-corrected chi connectivity index (χ0v) is 14.1. The quantitative estimate of drug-likeness (QED) is 0.851. The molecule has 2 aromatic rings. The van der Waals surface area contributed by atoms with Crippen molar-refractivity contribution in [2.75, 3.05) is 31.1 Å². The largest absolute Gasteiger partial charge is 0.369 e. The first-order valence-corrected chi connectivity index (χ1v) is 8.18. The molecule has 1 saturated heterocycles. The number of piperazine rings is 1. The Morgan fingerprint density at radius 3 is 2.48 bits per heavy atom. The Morgan fingerprint density at radius 2 is 1.87 bits per heavy atom. The number of nitriles is 1. The molecule has 1 fully saturated rings. The van der Waals surface area contributed by atoms with Crippen molar-refractivity contribution in [2.24, 2.45) is 0 Å². The van der Waals surface area contributed by atoms with Crippen LogP contribution in [0.25, 0.3) is 0 Å². The number of nitrogens with zero attached hydrogens (tertiary/aromatic N) is 4. The summed E-state index contributed by atoms with van der Waals surface area (Å²) >= 11 is 12.0. The standard InChI is InChI=1S/C17H16Cl2N4/c18-14-2-3-15(21-11-14)12-22-5-7-23(8-6-22)16-4-1-13(10-20)17(19)9-16/h1-4,9,11H,5-8,12H2. The lowest BCUT2D eigenvalue weighted by molar-refractivity contribution is 0.247. The van der Waals surface area contributed by atoms with Crippen LogP contribution in [0.4, 0.5) is 5.69 Å². The maximum absolute atomic E-state index is 8.94. The Hall–Kier alpha value is -1.80. The van der Waals surface area contributed by atoms with Crippen molar-refractivity contribution in [1.29, 1.82) is 5.26 Å². The Morgan fingerprint density at radius 1 is 1.09 bits per heavy atom. The minimum absolute atomic E-state index is 0.512. The zero-order chi connectivity index (χ0) is 16.2. The Bertz CT molecular complexity index is 716. The number of hydrogen-bond acceptors (Lipinski definition) is 4. The van der Waals surface area contributed by atoms with Crippen molar-refractivity contribution in [3.8, 4) is 6.07 Å². The van der Waals surface area contributed by atoms with Crippen LogP contribution in [0.15, 0.2) is 36.5 Å². The lowest BCUT2D eigenvalue weighted by Gasteiger charge is -2.36. The van der Waals surface area contributed by atoms with Crippen LogP contribution in [0.1, 0.15) is 11.3 Å². The molecule has 4 nitrogen and oxygen atoms in total. The third-order valence-electron chi connectivity index (χ3n) is 3.98. The number of pyridine rings is 1. The molecular formula is C17H16Cl2N4. The van der Waals surface area contributed by atoms with E-state index in [1.165, 1.54) is 0 Å². The average molecular weight is 347 g/mol. The number of hydrogen-bond donors (Lipinski definition) is 0. The molecule has 1 aromatic heterocycles. The summed E-state index contributed by atoms with van der Waals surface area (Å²) in [6, 6.07) is 11.5. The molecule has 0 bridgehead atoms. The Labute approximate surface area is 145 Å². The van der Waals surface area contributed by atoms with E-state index in [4.69, 9.17) is 28.5 Å². The van der Waals surface area contributed by atoms with Crippen LogP contribution in [0, 0.1) is 11.3 Å². The molecule has 1 aliphatic rings. The number of anilines is 1. The third-order valence-corrected chi connectivity index (χ3v) is 4.52. The van der Waals surface area contributed by atoms with Crippen molar-refractivity contribution < 1.29 is 0 Å². The van der Waals surface area contributed by atoms with Crippen LogP contribution < -0.4 is 4.90 Å². The van der Waals surface area contributed by atoms with Crippen molar-refractivity contribution in [1.82, 2.24) is 9.88 Å². The number of halogens is 2. The topological polar surface area (TPSA) is 43.2 Å². The second-order valence-corrected chi connectivity index (χ2v) is 6.35. The van der Waals surface area contributed by atoms with Crippen molar-refractivity contribution >= 4 is 28.9 Å². The molecular weight excluding hydrogens is 331 g/mol. The van der Waals surface area contributed by atoms with E-state index in [1.807, 2.05) is 24.3 Å². The van der Waals surface area contributed by atoms with Gasteiger partial charge in [-0.25, -0.2) is 0 Å². The predicted molar refractivity (Wildman–Crippen MR) is 92.9 cm³/mol. The fraction of sp³-hybridized carbons (Fsp3) is 0.294. The highest BCUT2D eigenvalue weighted by Crippen LogP contribution is 2.24. The van der Waals surface area contributed by atoms with E-state index in [-0.39, 0.29) is 0 Å². The highest BCUT2D eigenvalue weighted by atomic mass is 35.5. The van der Waals surface area contributed by atoms with Crippen LogP contribution in [0.2, 0.25) is 10.0 Å². The van der Waals surface area contributed by atoms with E-state index >= 15 is 0 Å². The minimum atomic E-state index is 0.512. The molecule has 0 atom stereocenters. The summed E-state index contributed by atoms with van der Waals surface area (Å²) in [5.41, 5.74) is 2.62. The van der Waals surface area contributed by atoms with Gasteiger partial charge in [0.1, 0.15) is 6.07 Å². The molecule has 0 amide bonds. The SMILES string of the molecule is N#Cc1ccc(N2CCN(Cc3ccc(Cl)cn3)CC2)cc1Cl. The first-order chi connectivity index (χ1) is 11.2. The van der Waals surface area contributed by atoms with E-state index < -0.39 is 0 Å². The van der Waals surface area contributed by atoms with E-state index in [2.05, 4.69) is 20.9 Å². The summed E-state index contributed by atoms with van der Waals surface area (Å²) in [7, 11) is 0. The summed E-state index contributed by atoms with van der Waals surface area (Å²) in [5, 5.41) is 10.1. The second kappa shape index (κ2) is 7.18. The molecule has 0 N–H and O–H groups in total. The van der Waals surface area contributed by atoms with E-state index in [1.54, 1.807) is 12.3 Å². The fourth-order valence-electron chi connectivity index (χ4n) is 2.68. The summed E-state index contributed by atoms with van der Waals surface area (Å²) in [4.78, 5) is 9.01. The van der Waals surface area contributed by atoms with Gasteiger partial charge in [0.15, 0.2) is 0 Å². The molecule has 6 heteroatoms. The van der Waals surface area contributed by atoms with Crippen LogP contribution in [-0.2, 0) is 6.54 Å². The highest BCUT2D eigenvalue weighted by Gasteiger charge is 2.18. The van der Waals surface area contributed by atoms with Gasteiger partial charge < -0.3 is 4.90 Å². The summed E-state index contributed by atoms with van der Waals surface area (Å²) in [5.74, 6) is 0. The second-order valence-electron chi connectivity index (χ2n) is 5.51. The zero-order valence-electron chi connectivity index (χ0n) is 12.5.